The van der Waals surface area contributed by atoms with Gasteiger partial charge in [0, 0.05) is 9.75 Å². The number of thiophene rings is 1. The Morgan fingerprint density at radius 1 is 1.43 bits per heavy atom. The van der Waals surface area contributed by atoms with Gasteiger partial charge in [-0.15, -0.1) is 11.3 Å². The van der Waals surface area contributed by atoms with Crippen LogP contribution in [0.3, 0.4) is 0 Å². The number of rotatable bonds is 4. The predicted molar refractivity (Wildman–Crippen MR) is 62.8 cm³/mol. The van der Waals surface area contributed by atoms with E-state index in [2.05, 4.69) is 33.8 Å². The molecular formula is C12H20OS. The van der Waals surface area contributed by atoms with Crippen molar-refractivity contribution in [3.05, 3.63) is 21.4 Å². The van der Waals surface area contributed by atoms with Crippen LogP contribution < -0.4 is 0 Å². The number of aryl methyl sites for hydroxylation is 2. The quantitative estimate of drug-likeness (QED) is 0.804. The molecule has 1 heterocycles. The lowest BCUT2D eigenvalue weighted by Crippen LogP contribution is -2.03. The molecule has 1 rings (SSSR count). The highest BCUT2D eigenvalue weighted by Gasteiger charge is 2.15. The van der Waals surface area contributed by atoms with E-state index < -0.39 is 0 Å². The summed E-state index contributed by atoms with van der Waals surface area (Å²) in [7, 11) is 0. The summed E-state index contributed by atoms with van der Waals surface area (Å²) in [5, 5.41) is 10.0. The Balaban J connectivity index is 2.69. The average molecular weight is 212 g/mol. The van der Waals surface area contributed by atoms with Crippen molar-refractivity contribution < 1.29 is 5.11 Å². The molecule has 1 aromatic rings. The normalized spacial score (nSPS) is 15.5. The van der Waals surface area contributed by atoms with Gasteiger partial charge in [-0.05, 0) is 37.8 Å². The molecule has 0 spiro atoms. The van der Waals surface area contributed by atoms with Crippen LogP contribution in [0.15, 0.2) is 6.07 Å². The molecule has 2 heteroatoms. The topological polar surface area (TPSA) is 20.2 Å². The Morgan fingerprint density at radius 2 is 2.07 bits per heavy atom. The van der Waals surface area contributed by atoms with Gasteiger partial charge in [0.05, 0.1) is 6.10 Å². The minimum Gasteiger partial charge on any atom is -0.388 e. The fourth-order valence-electron chi connectivity index (χ4n) is 1.65. The third kappa shape index (κ3) is 2.82. The maximum Gasteiger partial charge on any atom is 0.0887 e. The van der Waals surface area contributed by atoms with Crippen molar-refractivity contribution in [3.63, 3.8) is 0 Å². The maximum absolute atomic E-state index is 10.0. The molecule has 1 aromatic heterocycles. The second kappa shape index (κ2) is 4.94. The zero-order chi connectivity index (χ0) is 10.7. The summed E-state index contributed by atoms with van der Waals surface area (Å²) in [5.41, 5.74) is 1.24. The summed E-state index contributed by atoms with van der Waals surface area (Å²) in [6.07, 6.45) is 1.77. The van der Waals surface area contributed by atoms with E-state index >= 15 is 0 Å². The SMILES string of the molecule is CCC(C)CC(O)c1sc(C)cc1C. The third-order valence-corrected chi connectivity index (χ3v) is 3.96. The smallest absolute Gasteiger partial charge is 0.0887 e. The predicted octanol–water partition coefficient (Wildman–Crippen LogP) is 3.83. The number of aliphatic hydroxyl groups is 1. The van der Waals surface area contributed by atoms with Crippen LogP contribution in [0.2, 0.25) is 0 Å². The summed E-state index contributed by atoms with van der Waals surface area (Å²) in [4.78, 5) is 2.45. The van der Waals surface area contributed by atoms with Gasteiger partial charge in [0.15, 0.2) is 0 Å². The van der Waals surface area contributed by atoms with Gasteiger partial charge in [-0.2, -0.15) is 0 Å². The van der Waals surface area contributed by atoms with E-state index in [1.807, 2.05) is 0 Å². The van der Waals surface area contributed by atoms with Gasteiger partial charge in [0.1, 0.15) is 0 Å². The maximum atomic E-state index is 10.0. The highest BCUT2D eigenvalue weighted by Crippen LogP contribution is 2.31. The summed E-state index contributed by atoms with van der Waals surface area (Å²) in [5.74, 6) is 0.604. The molecule has 2 atom stereocenters. The third-order valence-electron chi connectivity index (χ3n) is 2.70. The van der Waals surface area contributed by atoms with Crippen molar-refractivity contribution in [2.75, 3.05) is 0 Å². The Kier molecular flexibility index (Phi) is 4.14. The lowest BCUT2D eigenvalue weighted by atomic mass is 9.99. The minimum absolute atomic E-state index is 0.261. The van der Waals surface area contributed by atoms with Crippen LogP contribution in [0.25, 0.3) is 0 Å². The molecule has 14 heavy (non-hydrogen) atoms. The first-order valence-corrected chi connectivity index (χ1v) is 6.11. The molecule has 1 nitrogen and oxygen atoms in total. The summed E-state index contributed by atoms with van der Waals surface area (Å²) in [6, 6.07) is 2.15. The average Bonchev–Trinajstić information content (AvgIpc) is 2.45. The van der Waals surface area contributed by atoms with Gasteiger partial charge >= 0.3 is 0 Å². The first kappa shape index (κ1) is 11.7. The van der Waals surface area contributed by atoms with Crippen LogP contribution in [-0.2, 0) is 0 Å². The summed E-state index contributed by atoms with van der Waals surface area (Å²) in [6.45, 7) is 8.54. The van der Waals surface area contributed by atoms with Gasteiger partial charge in [-0.25, -0.2) is 0 Å². The van der Waals surface area contributed by atoms with Crippen molar-refractivity contribution in [1.82, 2.24) is 0 Å². The first-order chi connectivity index (χ1) is 6.54. The Bertz CT molecular complexity index is 291. The summed E-state index contributed by atoms with van der Waals surface area (Å²) < 4.78 is 0. The van der Waals surface area contributed by atoms with E-state index in [4.69, 9.17) is 0 Å². The number of hydrogen-bond acceptors (Lipinski definition) is 2. The molecule has 2 unspecified atom stereocenters. The molecule has 0 saturated heterocycles. The molecular weight excluding hydrogens is 192 g/mol. The van der Waals surface area contributed by atoms with Crippen molar-refractivity contribution in [2.45, 2.75) is 46.6 Å². The fourth-order valence-corrected chi connectivity index (χ4v) is 2.68. The molecule has 0 fully saturated rings. The lowest BCUT2D eigenvalue weighted by Gasteiger charge is -2.14. The fraction of sp³-hybridized carbons (Fsp3) is 0.667. The van der Waals surface area contributed by atoms with Crippen molar-refractivity contribution >= 4 is 11.3 Å². The molecule has 80 valence electrons. The van der Waals surface area contributed by atoms with E-state index in [1.165, 1.54) is 10.4 Å². The second-order valence-electron chi connectivity index (χ2n) is 4.17. The van der Waals surface area contributed by atoms with Gasteiger partial charge < -0.3 is 5.11 Å². The molecule has 0 aliphatic heterocycles. The zero-order valence-corrected chi connectivity index (χ0v) is 10.3. The highest BCUT2D eigenvalue weighted by atomic mass is 32.1. The van der Waals surface area contributed by atoms with Crippen molar-refractivity contribution in [3.8, 4) is 0 Å². The molecule has 0 bridgehead atoms. The highest BCUT2D eigenvalue weighted by molar-refractivity contribution is 7.12. The molecule has 0 amide bonds. The summed E-state index contributed by atoms with van der Waals surface area (Å²) >= 11 is 1.72. The molecule has 0 radical (unpaired) electrons. The first-order valence-electron chi connectivity index (χ1n) is 5.29. The van der Waals surface area contributed by atoms with Crippen LogP contribution in [0, 0.1) is 19.8 Å². The van der Waals surface area contributed by atoms with E-state index in [0.29, 0.717) is 5.92 Å². The molecule has 0 aromatic carbocycles. The Morgan fingerprint density at radius 3 is 2.50 bits per heavy atom. The van der Waals surface area contributed by atoms with E-state index in [0.717, 1.165) is 17.7 Å². The van der Waals surface area contributed by atoms with Gasteiger partial charge in [-0.1, -0.05) is 20.3 Å². The van der Waals surface area contributed by atoms with Crippen LogP contribution >= 0.6 is 11.3 Å². The molecule has 0 aliphatic carbocycles. The Hall–Kier alpha value is -0.340. The second-order valence-corrected chi connectivity index (χ2v) is 5.46. The number of aliphatic hydroxyl groups excluding tert-OH is 1. The van der Waals surface area contributed by atoms with Crippen LogP contribution in [0.5, 0.6) is 0 Å². The van der Waals surface area contributed by atoms with Crippen LogP contribution in [0.1, 0.15) is 48.1 Å². The molecule has 1 N–H and O–H groups in total. The van der Waals surface area contributed by atoms with E-state index in [1.54, 1.807) is 11.3 Å². The molecule has 0 aliphatic rings. The minimum atomic E-state index is -0.261. The van der Waals surface area contributed by atoms with Gasteiger partial charge in [0.2, 0.25) is 0 Å². The van der Waals surface area contributed by atoms with Crippen molar-refractivity contribution in [2.24, 2.45) is 5.92 Å². The van der Waals surface area contributed by atoms with Gasteiger partial charge in [-0.3, -0.25) is 0 Å². The monoisotopic (exact) mass is 212 g/mol. The molecule has 0 saturated carbocycles. The standard InChI is InChI=1S/C12H20OS/c1-5-8(2)6-11(13)12-9(3)7-10(4)14-12/h7-8,11,13H,5-6H2,1-4H3. The zero-order valence-electron chi connectivity index (χ0n) is 9.50. The van der Waals surface area contributed by atoms with E-state index in [-0.39, 0.29) is 6.10 Å². The van der Waals surface area contributed by atoms with Crippen LogP contribution in [-0.4, -0.2) is 5.11 Å². The van der Waals surface area contributed by atoms with Gasteiger partial charge in [0.25, 0.3) is 0 Å². The van der Waals surface area contributed by atoms with Crippen LogP contribution in [0.4, 0.5) is 0 Å². The number of hydrogen-bond donors (Lipinski definition) is 1. The largest absolute Gasteiger partial charge is 0.388 e. The Labute approximate surface area is 90.8 Å². The van der Waals surface area contributed by atoms with Crippen molar-refractivity contribution in [1.29, 1.82) is 0 Å². The lowest BCUT2D eigenvalue weighted by molar-refractivity contribution is 0.149. The van der Waals surface area contributed by atoms with E-state index in [9.17, 15) is 5.11 Å².